The molecule has 2 aromatic rings. The minimum atomic E-state index is 0.427. The summed E-state index contributed by atoms with van der Waals surface area (Å²) in [5, 5.41) is 12.9. The molecule has 0 atom stereocenters. The van der Waals surface area contributed by atoms with Crippen molar-refractivity contribution in [2.45, 2.75) is 0 Å². The summed E-state index contributed by atoms with van der Waals surface area (Å²) in [6.45, 7) is 0. The smallest absolute Gasteiger partial charge is 0.171 e. The van der Waals surface area contributed by atoms with Gasteiger partial charge >= 0.3 is 0 Å². The van der Waals surface area contributed by atoms with Crippen LogP contribution in [0, 0.1) is 11.3 Å². The van der Waals surface area contributed by atoms with Crippen LogP contribution >= 0.6 is 0 Å². The number of aryl methyl sites for hydroxylation is 2. The van der Waals surface area contributed by atoms with E-state index in [1.165, 1.54) is 0 Å². The Morgan fingerprint density at radius 3 is 2.79 bits per heavy atom. The first-order chi connectivity index (χ1) is 6.72. The SMILES string of the molecule is Cn1cc(-c2cncn2C)c(C#N)n1. The molecule has 5 nitrogen and oxygen atoms in total. The minimum absolute atomic E-state index is 0.427. The van der Waals surface area contributed by atoms with Crippen molar-refractivity contribution < 1.29 is 0 Å². The second kappa shape index (κ2) is 3.00. The summed E-state index contributed by atoms with van der Waals surface area (Å²) in [5.41, 5.74) is 2.14. The normalized spacial score (nSPS) is 10.1. The van der Waals surface area contributed by atoms with Crippen molar-refractivity contribution in [1.29, 1.82) is 5.26 Å². The summed E-state index contributed by atoms with van der Waals surface area (Å²) in [7, 11) is 3.68. The molecule has 0 aliphatic heterocycles. The Kier molecular flexibility index (Phi) is 1.82. The molecule has 0 aliphatic carbocycles. The van der Waals surface area contributed by atoms with Crippen molar-refractivity contribution in [2.75, 3.05) is 0 Å². The molecule has 2 rings (SSSR count). The van der Waals surface area contributed by atoms with Crippen LogP contribution < -0.4 is 0 Å². The van der Waals surface area contributed by atoms with E-state index >= 15 is 0 Å². The Labute approximate surface area is 81.2 Å². The van der Waals surface area contributed by atoms with Gasteiger partial charge in [0.2, 0.25) is 0 Å². The fourth-order valence-electron chi connectivity index (χ4n) is 1.38. The van der Waals surface area contributed by atoms with Gasteiger partial charge < -0.3 is 4.57 Å². The van der Waals surface area contributed by atoms with Crippen LogP contribution in [-0.2, 0) is 14.1 Å². The van der Waals surface area contributed by atoms with Crippen LogP contribution in [-0.4, -0.2) is 19.3 Å². The third-order valence-electron chi connectivity index (χ3n) is 2.03. The highest BCUT2D eigenvalue weighted by Gasteiger charge is 2.11. The van der Waals surface area contributed by atoms with E-state index in [1.54, 1.807) is 24.3 Å². The monoisotopic (exact) mass is 187 g/mol. The van der Waals surface area contributed by atoms with Gasteiger partial charge in [-0.15, -0.1) is 0 Å². The summed E-state index contributed by atoms with van der Waals surface area (Å²) >= 11 is 0. The molecule has 2 aromatic heterocycles. The Hall–Kier alpha value is -2.09. The Balaban J connectivity index is 2.63. The number of nitrogens with zero attached hydrogens (tertiary/aromatic N) is 5. The fourth-order valence-corrected chi connectivity index (χ4v) is 1.38. The van der Waals surface area contributed by atoms with Gasteiger partial charge in [0.15, 0.2) is 5.69 Å². The van der Waals surface area contributed by atoms with Crippen molar-refractivity contribution in [2.24, 2.45) is 14.1 Å². The van der Waals surface area contributed by atoms with E-state index in [0.717, 1.165) is 11.3 Å². The molecule has 0 unspecified atom stereocenters. The van der Waals surface area contributed by atoms with Gasteiger partial charge in [-0.3, -0.25) is 4.68 Å². The number of aromatic nitrogens is 4. The molecule has 0 aromatic carbocycles. The van der Waals surface area contributed by atoms with Crippen molar-refractivity contribution >= 4 is 0 Å². The third kappa shape index (κ3) is 1.17. The maximum atomic E-state index is 8.87. The Morgan fingerprint density at radius 2 is 2.21 bits per heavy atom. The molecule has 70 valence electrons. The van der Waals surface area contributed by atoms with Crippen molar-refractivity contribution in [3.8, 4) is 17.3 Å². The molecule has 0 saturated heterocycles. The first-order valence-electron chi connectivity index (χ1n) is 4.13. The van der Waals surface area contributed by atoms with E-state index in [-0.39, 0.29) is 0 Å². The molecule has 0 N–H and O–H groups in total. The van der Waals surface area contributed by atoms with Crippen LogP contribution in [0.15, 0.2) is 18.7 Å². The second-order valence-corrected chi connectivity index (χ2v) is 3.07. The van der Waals surface area contributed by atoms with Gasteiger partial charge in [-0.1, -0.05) is 0 Å². The second-order valence-electron chi connectivity index (χ2n) is 3.07. The molecule has 0 bridgehead atoms. The summed E-state index contributed by atoms with van der Waals surface area (Å²) in [5.74, 6) is 0. The molecule has 0 spiro atoms. The number of hydrogen-bond donors (Lipinski definition) is 0. The predicted octanol–water partition coefficient (Wildman–Crippen LogP) is 0.692. The highest BCUT2D eigenvalue weighted by Crippen LogP contribution is 2.20. The zero-order valence-electron chi connectivity index (χ0n) is 7.97. The van der Waals surface area contributed by atoms with Crippen LogP contribution in [0.25, 0.3) is 11.3 Å². The highest BCUT2D eigenvalue weighted by atomic mass is 15.3. The Bertz CT molecular complexity index is 499. The van der Waals surface area contributed by atoms with Gasteiger partial charge in [-0.25, -0.2) is 4.98 Å². The van der Waals surface area contributed by atoms with Gasteiger partial charge in [0.1, 0.15) is 6.07 Å². The summed E-state index contributed by atoms with van der Waals surface area (Å²) < 4.78 is 3.48. The molecule has 0 fully saturated rings. The maximum absolute atomic E-state index is 8.87. The molecule has 0 radical (unpaired) electrons. The summed E-state index contributed by atoms with van der Waals surface area (Å²) in [6, 6.07) is 2.06. The lowest BCUT2D eigenvalue weighted by atomic mass is 10.2. The van der Waals surface area contributed by atoms with Gasteiger partial charge in [0, 0.05) is 20.3 Å². The Morgan fingerprint density at radius 1 is 1.43 bits per heavy atom. The maximum Gasteiger partial charge on any atom is 0.171 e. The lowest BCUT2D eigenvalue weighted by Gasteiger charge is -1.97. The fraction of sp³-hybridized carbons (Fsp3) is 0.222. The number of rotatable bonds is 1. The molecule has 0 amide bonds. The average molecular weight is 187 g/mol. The first kappa shape index (κ1) is 8.51. The van der Waals surface area contributed by atoms with Crippen molar-refractivity contribution in [3.05, 3.63) is 24.4 Å². The number of nitriles is 1. The van der Waals surface area contributed by atoms with Gasteiger partial charge in [0.05, 0.1) is 23.8 Å². The minimum Gasteiger partial charge on any atom is -0.334 e. The van der Waals surface area contributed by atoms with Crippen LogP contribution in [0.1, 0.15) is 5.69 Å². The van der Waals surface area contributed by atoms with E-state index < -0.39 is 0 Å². The number of imidazole rings is 1. The van der Waals surface area contributed by atoms with Crippen LogP contribution in [0.3, 0.4) is 0 Å². The lowest BCUT2D eigenvalue weighted by Crippen LogP contribution is -1.89. The topological polar surface area (TPSA) is 59.4 Å². The largest absolute Gasteiger partial charge is 0.334 e. The molecule has 0 aliphatic rings. The van der Waals surface area contributed by atoms with Crippen LogP contribution in [0.5, 0.6) is 0 Å². The van der Waals surface area contributed by atoms with Gasteiger partial charge in [0.25, 0.3) is 0 Å². The summed E-state index contributed by atoms with van der Waals surface area (Å²) in [4.78, 5) is 4.00. The molecule has 2 heterocycles. The summed E-state index contributed by atoms with van der Waals surface area (Å²) in [6.07, 6.45) is 5.23. The van der Waals surface area contributed by atoms with Crippen molar-refractivity contribution in [3.63, 3.8) is 0 Å². The van der Waals surface area contributed by atoms with E-state index in [9.17, 15) is 0 Å². The van der Waals surface area contributed by atoms with E-state index in [4.69, 9.17) is 5.26 Å². The van der Waals surface area contributed by atoms with Gasteiger partial charge in [-0.2, -0.15) is 10.4 Å². The quantitative estimate of drug-likeness (QED) is 0.660. The zero-order valence-corrected chi connectivity index (χ0v) is 7.97. The number of hydrogen-bond acceptors (Lipinski definition) is 3. The molecular formula is C9H9N5. The van der Waals surface area contributed by atoms with Crippen LogP contribution in [0.4, 0.5) is 0 Å². The molecule has 5 heteroatoms. The molecule has 0 saturated carbocycles. The molecular weight excluding hydrogens is 178 g/mol. The average Bonchev–Trinajstić information content (AvgIpc) is 2.71. The van der Waals surface area contributed by atoms with E-state index in [2.05, 4.69) is 16.2 Å². The third-order valence-corrected chi connectivity index (χ3v) is 2.03. The highest BCUT2D eigenvalue weighted by molar-refractivity contribution is 5.64. The van der Waals surface area contributed by atoms with Crippen LogP contribution in [0.2, 0.25) is 0 Å². The van der Waals surface area contributed by atoms with Crippen molar-refractivity contribution in [1.82, 2.24) is 19.3 Å². The standard InChI is InChI=1S/C9H9N5/c1-13-6-11-4-9(13)7-5-14(2)12-8(7)3-10/h4-6H,1-2H3. The lowest BCUT2D eigenvalue weighted by molar-refractivity contribution is 0.763. The predicted molar refractivity (Wildman–Crippen MR) is 50.1 cm³/mol. The van der Waals surface area contributed by atoms with Gasteiger partial charge in [-0.05, 0) is 0 Å². The zero-order chi connectivity index (χ0) is 10.1. The first-order valence-corrected chi connectivity index (χ1v) is 4.13. The van der Waals surface area contributed by atoms with E-state index in [1.807, 2.05) is 17.8 Å². The van der Waals surface area contributed by atoms with E-state index in [0.29, 0.717) is 5.69 Å². The molecule has 14 heavy (non-hydrogen) atoms.